The number of aryl methyl sites for hydroxylation is 1. The Hall–Kier alpha value is -3.15. The molecule has 0 bridgehead atoms. The van der Waals surface area contributed by atoms with Gasteiger partial charge in [-0.2, -0.15) is 0 Å². The van der Waals surface area contributed by atoms with E-state index >= 15 is 0 Å². The number of ether oxygens (including phenoxy) is 1. The molecule has 0 aromatic heterocycles. The van der Waals surface area contributed by atoms with Gasteiger partial charge in [-0.25, -0.2) is 4.90 Å². The highest BCUT2D eigenvalue weighted by molar-refractivity contribution is 6.23. The van der Waals surface area contributed by atoms with Gasteiger partial charge in [0.2, 0.25) is 5.91 Å². The van der Waals surface area contributed by atoms with Crippen molar-refractivity contribution in [2.24, 2.45) is 0 Å². The molecule has 6 nitrogen and oxygen atoms in total. The summed E-state index contributed by atoms with van der Waals surface area (Å²) >= 11 is 0. The summed E-state index contributed by atoms with van der Waals surface area (Å²) in [6.07, 6.45) is 3.79. The number of carbonyl (C=O) groups excluding carboxylic acids is 3. The summed E-state index contributed by atoms with van der Waals surface area (Å²) in [5, 5.41) is 0. The molecule has 162 valence electrons. The Kier molecular flexibility index (Phi) is 6.07. The van der Waals surface area contributed by atoms with Gasteiger partial charge in [0.1, 0.15) is 11.8 Å². The fourth-order valence-corrected chi connectivity index (χ4v) is 4.66. The topological polar surface area (TPSA) is 66.9 Å². The summed E-state index contributed by atoms with van der Waals surface area (Å²) in [6, 6.07) is 13.6. The maximum absolute atomic E-state index is 13.6. The number of hydrogen-bond donors (Lipinski definition) is 0. The Morgan fingerprint density at radius 1 is 1.06 bits per heavy atom. The molecule has 6 heteroatoms. The van der Waals surface area contributed by atoms with Crippen molar-refractivity contribution in [2.75, 3.05) is 11.5 Å². The number of benzene rings is 2. The minimum Gasteiger partial charge on any atom is -0.494 e. The van der Waals surface area contributed by atoms with E-state index in [2.05, 4.69) is 0 Å². The van der Waals surface area contributed by atoms with Crippen LogP contribution in [0.5, 0.6) is 5.75 Å². The van der Waals surface area contributed by atoms with Crippen molar-refractivity contribution < 1.29 is 19.1 Å². The molecule has 1 saturated heterocycles. The van der Waals surface area contributed by atoms with Crippen LogP contribution >= 0.6 is 0 Å². The summed E-state index contributed by atoms with van der Waals surface area (Å²) < 4.78 is 5.45. The van der Waals surface area contributed by atoms with Gasteiger partial charge in [-0.15, -0.1) is 0 Å². The average molecular weight is 421 g/mol. The Balaban J connectivity index is 1.64. The van der Waals surface area contributed by atoms with Gasteiger partial charge in [0.15, 0.2) is 0 Å². The quantitative estimate of drug-likeness (QED) is 0.660. The van der Waals surface area contributed by atoms with Crippen LogP contribution in [0, 0.1) is 6.92 Å². The molecule has 3 amide bonds. The lowest BCUT2D eigenvalue weighted by Gasteiger charge is -2.33. The van der Waals surface area contributed by atoms with E-state index in [4.69, 9.17) is 4.74 Å². The minimum atomic E-state index is -0.769. The fourth-order valence-electron chi connectivity index (χ4n) is 4.66. The normalized spacial score (nSPS) is 19.2. The van der Waals surface area contributed by atoms with Crippen LogP contribution in [-0.2, 0) is 9.59 Å². The maximum Gasteiger partial charge on any atom is 0.257 e. The number of carbonyl (C=O) groups is 3. The summed E-state index contributed by atoms with van der Waals surface area (Å²) in [6.45, 7) is 4.34. The van der Waals surface area contributed by atoms with Gasteiger partial charge in [0.05, 0.1) is 18.7 Å². The molecular formula is C25H28N2O4. The van der Waals surface area contributed by atoms with Crippen molar-refractivity contribution >= 4 is 23.4 Å². The van der Waals surface area contributed by atoms with E-state index in [9.17, 15) is 14.4 Å². The number of rotatable bonds is 6. The van der Waals surface area contributed by atoms with Gasteiger partial charge < -0.3 is 9.64 Å². The third kappa shape index (κ3) is 4.07. The standard InChI is InChI=1S/C25H28N2O4/c1-3-31-20-14-12-19(13-15-20)27-23(28)16-22(25(27)30)26(18-9-5-6-10-18)24(29)21-11-7-4-8-17(21)2/h4,7-8,11-15,18,22H,3,5-6,9-10,16H2,1-2H3. The van der Waals surface area contributed by atoms with Crippen LogP contribution in [0.1, 0.15) is 54.9 Å². The Morgan fingerprint density at radius 2 is 1.74 bits per heavy atom. The van der Waals surface area contributed by atoms with Crippen molar-refractivity contribution in [3.63, 3.8) is 0 Å². The molecule has 2 aliphatic rings. The van der Waals surface area contributed by atoms with Gasteiger partial charge in [0, 0.05) is 11.6 Å². The molecular weight excluding hydrogens is 392 g/mol. The second-order valence-electron chi connectivity index (χ2n) is 8.18. The van der Waals surface area contributed by atoms with E-state index in [0.29, 0.717) is 23.6 Å². The first-order valence-electron chi connectivity index (χ1n) is 11.0. The van der Waals surface area contributed by atoms with Gasteiger partial charge in [0.25, 0.3) is 11.8 Å². The summed E-state index contributed by atoms with van der Waals surface area (Å²) in [5.41, 5.74) is 1.97. The number of imide groups is 1. The number of anilines is 1. The molecule has 0 spiro atoms. The Morgan fingerprint density at radius 3 is 2.39 bits per heavy atom. The molecule has 2 aromatic carbocycles. The van der Waals surface area contributed by atoms with Crippen LogP contribution in [0.3, 0.4) is 0 Å². The summed E-state index contributed by atoms with van der Waals surface area (Å²) in [7, 11) is 0. The highest BCUT2D eigenvalue weighted by Gasteiger charge is 2.47. The second kappa shape index (κ2) is 8.92. The monoisotopic (exact) mass is 420 g/mol. The van der Waals surface area contributed by atoms with Crippen LogP contribution in [0.2, 0.25) is 0 Å². The average Bonchev–Trinajstić information content (AvgIpc) is 3.38. The Bertz CT molecular complexity index is 979. The zero-order valence-electron chi connectivity index (χ0n) is 18.0. The molecule has 1 saturated carbocycles. The lowest BCUT2D eigenvalue weighted by atomic mass is 10.0. The Labute approximate surface area is 182 Å². The molecule has 1 aliphatic heterocycles. The molecule has 1 aliphatic carbocycles. The number of nitrogens with zero attached hydrogens (tertiary/aromatic N) is 2. The highest BCUT2D eigenvalue weighted by Crippen LogP contribution is 2.33. The first-order chi connectivity index (χ1) is 15.0. The lowest BCUT2D eigenvalue weighted by molar-refractivity contribution is -0.123. The van der Waals surface area contributed by atoms with Crippen LogP contribution in [0.15, 0.2) is 48.5 Å². The molecule has 1 heterocycles. The van der Waals surface area contributed by atoms with Crippen LogP contribution < -0.4 is 9.64 Å². The summed E-state index contributed by atoms with van der Waals surface area (Å²) in [4.78, 5) is 42.8. The van der Waals surface area contributed by atoms with Crippen molar-refractivity contribution in [1.82, 2.24) is 4.90 Å². The van der Waals surface area contributed by atoms with E-state index < -0.39 is 6.04 Å². The van der Waals surface area contributed by atoms with Crippen molar-refractivity contribution in [2.45, 2.75) is 58.0 Å². The number of amides is 3. The molecule has 4 rings (SSSR count). The molecule has 1 atom stereocenters. The smallest absolute Gasteiger partial charge is 0.257 e. The van der Waals surface area contributed by atoms with Gasteiger partial charge in [-0.3, -0.25) is 14.4 Å². The van der Waals surface area contributed by atoms with E-state index in [1.165, 1.54) is 4.90 Å². The molecule has 0 radical (unpaired) electrons. The fraction of sp³-hybridized carbons (Fsp3) is 0.400. The third-order valence-electron chi connectivity index (χ3n) is 6.19. The molecule has 2 aromatic rings. The van der Waals surface area contributed by atoms with Crippen LogP contribution in [0.25, 0.3) is 0 Å². The highest BCUT2D eigenvalue weighted by atomic mass is 16.5. The first kappa shape index (κ1) is 21.1. The maximum atomic E-state index is 13.6. The molecule has 0 N–H and O–H groups in total. The largest absolute Gasteiger partial charge is 0.494 e. The van der Waals surface area contributed by atoms with E-state index in [-0.39, 0.29) is 30.2 Å². The third-order valence-corrected chi connectivity index (χ3v) is 6.19. The van der Waals surface area contributed by atoms with Crippen molar-refractivity contribution in [1.29, 1.82) is 0 Å². The number of hydrogen-bond acceptors (Lipinski definition) is 4. The van der Waals surface area contributed by atoms with Crippen molar-refractivity contribution in [3.05, 3.63) is 59.7 Å². The van der Waals surface area contributed by atoms with Crippen LogP contribution in [-0.4, -0.2) is 41.3 Å². The predicted octanol–water partition coefficient (Wildman–Crippen LogP) is 4.11. The first-order valence-corrected chi connectivity index (χ1v) is 11.0. The van der Waals surface area contributed by atoms with E-state index in [0.717, 1.165) is 31.2 Å². The van der Waals surface area contributed by atoms with E-state index in [1.807, 2.05) is 32.0 Å². The van der Waals surface area contributed by atoms with Crippen molar-refractivity contribution in [3.8, 4) is 5.75 Å². The second-order valence-corrected chi connectivity index (χ2v) is 8.18. The zero-order valence-corrected chi connectivity index (χ0v) is 18.0. The summed E-state index contributed by atoms with van der Waals surface area (Å²) in [5.74, 6) is -0.0864. The van der Waals surface area contributed by atoms with Crippen LogP contribution in [0.4, 0.5) is 5.69 Å². The van der Waals surface area contributed by atoms with Gasteiger partial charge in [-0.1, -0.05) is 31.0 Å². The molecule has 1 unspecified atom stereocenters. The van der Waals surface area contributed by atoms with Gasteiger partial charge in [-0.05, 0) is 62.6 Å². The molecule has 2 fully saturated rings. The lowest BCUT2D eigenvalue weighted by Crippen LogP contribution is -2.50. The van der Waals surface area contributed by atoms with Gasteiger partial charge >= 0.3 is 0 Å². The molecule has 31 heavy (non-hydrogen) atoms. The predicted molar refractivity (Wildman–Crippen MR) is 118 cm³/mol. The van der Waals surface area contributed by atoms with E-state index in [1.54, 1.807) is 35.2 Å². The minimum absolute atomic E-state index is 0.0141. The zero-order chi connectivity index (χ0) is 22.0. The SMILES string of the molecule is CCOc1ccc(N2C(=O)CC(N(C(=O)c3ccccc3C)C3CCCC3)C2=O)cc1.